The SMILES string of the molecule is c1ccc(-c2nc(-c3cccc(-c4cccc5oc6ccccc6c45)c3)cc(-c3ccc4c(c3)C3c5ccccc5C4c4cc(-c5cc(-c6cccc(-c7cccc8oc9ccccc9c78)c6)nc(-c6ccccc6)n5)ccc43)n2)cc1. The Kier molecular flexibility index (Phi) is 10.3. The van der Waals surface area contributed by atoms with E-state index in [2.05, 4.69) is 206 Å². The molecule has 0 aliphatic heterocycles. The fourth-order valence-electron chi connectivity index (χ4n) is 13.2. The van der Waals surface area contributed by atoms with Gasteiger partial charge in [-0.2, -0.15) is 0 Å². The third-order valence-electron chi connectivity index (χ3n) is 16.9. The van der Waals surface area contributed by atoms with E-state index in [9.17, 15) is 0 Å². The number of fused-ring (bicyclic) bond motifs is 6. The van der Waals surface area contributed by atoms with Crippen LogP contribution < -0.4 is 0 Å². The normalized spacial score (nSPS) is 14.1. The predicted molar refractivity (Wildman–Crippen MR) is 330 cm³/mol. The molecule has 82 heavy (non-hydrogen) atoms. The van der Waals surface area contributed by atoms with Crippen LogP contribution in [0.5, 0.6) is 0 Å². The molecule has 0 saturated heterocycles. The Morgan fingerprint density at radius 1 is 0.232 bits per heavy atom. The van der Waals surface area contributed by atoms with Crippen LogP contribution in [0.15, 0.2) is 276 Å². The molecular formula is C76H46N4O2. The number of nitrogens with zero attached hydrogens (tertiary/aromatic N) is 4. The van der Waals surface area contributed by atoms with Crippen LogP contribution in [0.2, 0.25) is 0 Å². The van der Waals surface area contributed by atoms with Crippen molar-refractivity contribution in [2.45, 2.75) is 11.8 Å². The molecule has 382 valence electrons. The molecule has 4 heterocycles. The van der Waals surface area contributed by atoms with Crippen molar-refractivity contribution in [2.75, 3.05) is 0 Å². The Hall–Kier alpha value is -10.8. The van der Waals surface area contributed by atoms with E-state index in [0.717, 1.165) is 122 Å². The van der Waals surface area contributed by atoms with Crippen molar-refractivity contribution in [3.05, 3.63) is 300 Å². The molecule has 0 fully saturated rings. The molecule has 11 aromatic carbocycles. The van der Waals surface area contributed by atoms with Gasteiger partial charge in [-0.15, -0.1) is 0 Å². The number of rotatable bonds is 8. The van der Waals surface area contributed by atoms with Gasteiger partial charge in [0.15, 0.2) is 11.6 Å². The molecule has 0 radical (unpaired) electrons. The highest BCUT2D eigenvalue weighted by molar-refractivity contribution is 6.13. The third kappa shape index (κ3) is 7.42. The van der Waals surface area contributed by atoms with E-state index in [1.165, 1.54) is 33.4 Å². The standard InChI is InChI=1S/C76H46N4O2/c1-3-17-45(18-4-1)75-77-63(49-23-13-21-47(39-49)53-29-15-33-69-73(53)59-27-9-11-31-67(59)81-69)43-65(79-75)51-35-37-57-61(41-51)71-55-25-7-8-26-56(55)72(57)62-42-52(36-38-58(62)71)66-44-64(78-76(80-66)46-19-5-2-6-20-46)50-24-14-22-48(40-50)54-30-16-34-70-74(54)60-28-10-12-32-68(60)82-70/h1-44,71-72H. The molecule has 2 atom stereocenters. The number of aromatic nitrogens is 4. The zero-order valence-corrected chi connectivity index (χ0v) is 44.2. The monoisotopic (exact) mass is 1050 g/mol. The van der Waals surface area contributed by atoms with Crippen molar-refractivity contribution < 1.29 is 8.83 Å². The van der Waals surface area contributed by atoms with Crippen molar-refractivity contribution in [3.8, 4) is 90.1 Å². The first-order chi connectivity index (χ1) is 40.6. The lowest BCUT2D eigenvalue weighted by Crippen LogP contribution is -2.27. The minimum Gasteiger partial charge on any atom is -0.456 e. The van der Waals surface area contributed by atoms with Crippen LogP contribution in [0.3, 0.4) is 0 Å². The quantitative estimate of drug-likeness (QED) is 0.151. The molecule has 3 aliphatic rings. The van der Waals surface area contributed by atoms with E-state index in [4.69, 9.17) is 28.8 Å². The van der Waals surface area contributed by atoms with Crippen molar-refractivity contribution >= 4 is 43.9 Å². The van der Waals surface area contributed by atoms with Gasteiger partial charge in [0.25, 0.3) is 0 Å². The third-order valence-corrected chi connectivity index (χ3v) is 16.9. The number of furan rings is 2. The summed E-state index contributed by atoms with van der Waals surface area (Å²) in [5.74, 6) is 1.41. The molecule has 15 aromatic rings. The molecule has 0 spiro atoms. The molecule has 2 bridgehead atoms. The maximum Gasteiger partial charge on any atom is 0.160 e. The maximum absolute atomic E-state index is 6.32. The Morgan fingerprint density at radius 3 is 1.02 bits per heavy atom. The number of benzene rings is 11. The van der Waals surface area contributed by atoms with Crippen LogP contribution in [0.4, 0.5) is 0 Å². The lowest BCUT2D eigenvalue weighted by atomic mass is 9.60. The fourth-order valence-corrected chi connectivity index (χ4v) is 13.2. The molecule has 4 aromatic heterocycles. The van der Waals surface area contributed by atoms with Gasteiger partial charge in [-0.1, -0.05) is 206 Å². The van der Waals surface area contributed by atoms with E-state index in [1.54, 1.807) is 0 Å². The van der Waals surface area contributed by atoms with Gasteiger partial charge in [0.2, 0.25) is 0 Å². The van der Waals surface area contributed by atoms with Crippen LogP contribution in [-0.4, -0.2) is 19.9 Å². The Labute approximate surface area is 472 Å². The second kappa shape index (κ2) is 18.4. The molecular weight excluding hydrogens is 1000 g/mol. The summed E-state index contributed by atoms with van der Waals surface area (Å²) in [6.07, 6.45) is 0. The number of hydrogen-bond acceptors (Lipinski definition) is 6. The summed E-state index contributed by atoms with van der Waals surface area (Å²) in [6, 6.07) is 94.6. The highest BCUT2D eigenvalue weighted by Gasteiger charge is 2.41. The smallest absolute Gasteiger partial charge is 0.160 e. The van der Waals surface area contributed by atoms with E-state index in [1.807, 2.05) is 60.7 Å². The maximum atomic E-state index is 6.32. The van der Waals surface area contributed by atoms with E-state index in [0.29, 0.717) is 11.6 Å². The number of hydrogen-bond donors (Lipinski definition) is 0. The van der Waals surface area contributed by atoms with Crippen LogP contribution in [0.25, 0.3) is 134 Å². The fraction of sp³-hybridized carbons (Fsp3) is 0.0263. The summed E-state index contributed by atoms with van der Waals surface area (Å²) < 4.78 is 12.6. The first kappa shape index (κ1) is 46.1. The Bertz CT molecular complexity index is 4760. The molecule has 6 nitrogen and oxygen atoms in total. The summed E-state index contributed by atoms with van der Waals surface area (Å²) in [6.45, 7) is 0. The molecule has 3 aliphatic carbocycles. The highest BCUT2D eigenvalue weighted by Crippen LogP contribution is 2.57. The second-order valence-corrected chi connectivity index (χ2v) is 21.6. The van der Waals surface area contributed by atoms with E-state index < -0.39 is 0 Å². The minimum atomic E-state index is 0.0221. The molecule has 0 N–H and O–H groups in total. The first-order valence-electron chi connectivity index (χ1n) is 27.9. The van der Waals surface area contributed by atoms with E-state index in [-0.39, 0.29) is 11.8 Å². The predicted octanol–water partition coefficient (Wildman–Crippen LogP) is 19.4. The van der Waals surface area contributed by atoms with Gasteiger partial charge >= 0.3 is 0 Å². The van der Waals surface area contributed by atoms with Gasteiger partial charge in [0.1, 0.15) is 22.3 Å². The number of para-hydroxylation sites is 2. The average molecular weight is 1050 g/mol. The molecule has 2 unspecified atom stereocenters. The summed E-state index contributed by atoms with van der Waals surface area (Å²) in [5.41, 5.74) is 25.4. The zero-order valence-electron chi connectivity index (χ0n) is 44.2. The van der Waals surface area contributed by atoms with Gasteiger partial charge in [0.05, 0.1) is 22.8 Å². The Morgan fingerprint density at radius 2 is 0.573 bits per heavy atom. The summed E-state index contributed by atoms with van der Waals surface area (Å²) in [7, 11) is 0. The van der Waals surface area contributed by atoms with Gasteiger partial charge in [-0.3, -0.25) is 0 Å². The summed E-state index contributed by atoms with van der Waals surface area (Å²) >= 11 is 0. The van der Waals surface area contributed by atoms with Gasteiger partial charge in [0, 0.05) is 66.8 Å². The average Bonchev–Trinajstić information content (AvgIpc) is 1.31. The summed E-state index contributed by atoms with van der Waals surface area (Å²) in [5, 5.41) is 4.43. The second-order valence-electron chi connectivity index (χ2n) is 21.6. The van der Waals surface area contributed by atoms with Crippen molar-refractivity contribution in [1.82, 2.24) is 19.9 Å². The Balaban J connectivity index is 0.769. The van der Waals surface area contributed by atoms with Crippen molar-refractivity contribution in [1.29, 1.82) is 0 Å². The highest BCUT2D eigenvalue weighted by atomic mass is 16.3. The minimum absolute atomic E-state index is 0.0221. The van der Waals surface area contributed by atoms with Crippen molar-refractivity contribution in [3.63, 3.8) is 0 Å². The van der Waals surface area contributed by atoms with Gasteiger partial charge in [-0.05, 0) is 116 Å². The van der Waals surface area contributed by atoms with E-state index >= 15 is 0 Å². The lowest BCUT2D eigenvalue weighted by Gasteiger charge is -2.42. The largest absolute Gasteiger partial charge is 0.456 e. The van der Waals surface area contributed by atoms with Gasteiger partial charge in [-0.25, -0.2) is 19.9 Å². The van der Waals surface area contributed by atoms with Crippen molar-refractivity contribution in [2.24, 2.45) is 0 Å². The first-order valence-corrected chi connectivity index (χ1v) is 27.9. The zero-order chi connectivity index (χ0) is 53.8. The summed E-state index contributed by atoms with van der Waals surface area (Å²) in [4.78, 5) is 21.3. The van der Waals surface area contributed by atoms with Gasteiger partial charge < -0.3 is 8.83 Å². The van der Waals surface area contributed by atoms with Crippen LogP contribution in [0.1, 0.15) is 45.2 Å². The lowest BCUT2D eigenvalue weighted by molar-refractivity contribution is 0.668. The van der Waals surface area contributed by atoms with Crippen LogP contribution in [0, 0.1) is 0 Å². The topological polar surface area (TPSA) is 77.8 Å². The van der Waals surface area contributed by atoms with Crippen LogP contribution >= 0.6 is 0 Å². The molecule has 0 saturated carbocycles. The molecule has 6 heteroatoms. The molecule has 18 rings (SSSR count). The van der Waals surface area contributed by atoms with Crippen LogP contribution in [-0.2, 0) is 0 Å². The molecule has 0 amide bonds.